The topological polar surface area (TPSA) is 60.9 Å². The maximum atomic E-state index is 6.33. The number of hydrogen-bond donors (Lipinski definition) is 0. The van der Waals surface area contributed by atoms with Gasteiger partial charge in [0.2, 0.25) is 0 Å². The van der Waals surface area contributed by atoms with Crippen LogP contribution >= 0.6 is 11.6 Å². The predicted molar refractivity (Wildman–Crippen MR) is 105 cm³/mol. The lowest BCUT2D eigenvalue weighted by Gasteiger charge is -2.08. The summed E-state index contributed by atoms with van der Waals surface area (Å²) in [4.78, 5) is 4.64. The van der Waals surface area contributed by atoms with E-state index in [1.807, 2.05) is 33.3 Å². The minimum atomic E-state index is 0.623. The van der Waals surface area contributed by atoms with Crippen LogP contribution in [0.2, 0.25) is 5.02 Å². The van der Waals surface area contributed by atoms with Gasteiger partial charge >= 0.3 is 0 Å². The van der Waals surface area contributed by atoms with Crippen LogP contribution in [0.3, 0.4) is 0 Å². The van der Waals surface area contributed by atoms with Gasteiger partial charge in [0.25, 0.3) is 0 Å². The van der Waals surface area contributed by atoms with Crippen molar-refractivity contribution in [3.63, 3.8) is 0 Å². The van der Waals surface area contributed by atoms with Crippen LogP contribution in [0.25, 0.3) is 33.8 Å². The fraction of sp³-hybridized carbons (Fsp3) is 0.100. The molecule has 3 aromatic heterocycles. The zero-order chi connectivity index (χ0) is 18.5. The third-order valence-electron chi connectivity index (χ3n) is 4.68. The summed E-state index contributed by atoms with van der Waals surface area (Å²) in [5.41, 5.74) is 5.57. The molecule has 0 aliphatic carbocycles. The summed E-state index contributed by atoms with van der Waals surface area (Å²) < 4.78 is 3.69. The van der Waals surface area contributed by atoms with Crippen molar-refractivity contribution in [1.29, 1.82) is 0 Å². The Bertz CT molecular complexity index is 1320. The molecule has 0 spiro atoms. The molecule has 0 radical (unpaired) electrons. The Morgan fingerprint density at radius 3 is 2.67 bits per heavy atom. The molecule has 3 heterocycles. The molecule has 7 heteroatoms. The lowest BCUT2D eigenvalue weighted by Crippen LogP contribution is -2.01. The quantitative estimate of drug-likeness (QED) is 0.459. The summed E-state index contributed by atoms with van der Waals surface area (Å²) >= 11 is 6.33. The molecular formula is C20H15ClN6. The van der Waals surface area contributed by atoms with Gasteiger partial charge in [0.15, 0.2) is 17.1 Å². The fourth-order valence-corrected chi connectivity index (χ4v) is 3.49. The van der Waals surface area contributed by atoms with Crippen molar-refractivity contribution < 1.29 is 0 Å². The van der Waals surface area contributed by atoms with Gasteiger partial charge in [-0.1, -0.05) is 35.9 Å². The van der Waals surface area contributed by atoms with Gasteiger partial charge < -0.3 is 0 Å². The Morgan fingerprint density at radius 2 is 1.81 bits per heavy atom. The summed E-state index contributed by atoms with van der Waals surface area (Å²) in [6, 6.07) is 13.8. The predicted octanol–water partition coefficient (Wildman–Crippen LogP) is 4.40. The maximum Gasteiger partial charge on any atom is 0.175 e. The van der Waals surface area contributed by atoms with E-state index in [4.69, 9.17) is 11.6 Å². The zero-order valence-corrected chi connectivity index (χ0v) is 15.5. The van der Waals surface area contributed by atoms with Crippen molar-refractivity contribution in [2.24, 2.45) is 0 Å². The summed E-state index contributed by atoms with van der Waals surface area (Å²) in [7, 11) is 0. The highest BCUT2D eigenvalue weighted by atomic mass is 35.5. The van der Waals surface area contributed by atoms with E-state index in [2.05, 4.69) is 52.3 Å². The van der Waals surface area contributed by atoms with E-state index in [-0.39, 0.29) is 0 Å². The number of rotatable bonds is 2. The average Bonchev–Trinajstić information content (AvgIpc) is 3.28. The minimum absolute atomic E-state index is 0.623. The zero-order valence-electron chi connectivity index (χ0n) is 14.8. The van der Waals surface area contributed by atoms with E-state index in [1.165, 1.54) is 5.56 Å². The Morgan fingerprint density at radius 1 is 0.963 bits per heavy atom. The molecule has 132 valence electrons. The van der Waals surface area contributed by atoms with Crippen LogP contribution in [-0.4, -0.2) is 29.4 Å². The first kappa shape index (κ1) is 16.0. The summed E-state index contributed by atoms with van der Waals surface area (Å²) in [6.07, 6.45) is 3.50. The largest absolute Gasteiger partial charge is 0.264 e. The molecule has 0 saturated carbocycles. The summed E-state index contributed by atoms with van der Waals surface area (Å²) in [5, 5.41) is 14.7. The molecule has 5 rings (SSSR count). The van der Waals surface area contributed by atoms with E-state index in [0.29, 0.717) is 16.5 Å². The lowest BCUT2D eigenvalue weighted by atomic mass is 10.1. The van der Waals surface area contributed by atoms with Crippen molar-refractivity contribution >= 4 is 28.3 Å². The van der Waals surface area contributed by atoms with Crippen LogP contribution in [0.4, 0.5) is 0 Å². The molecule has 0 bridgehead atoms. The van der Waals surface area contributed by atoms with Gasteiger partial charge in [0, 0.05) is 5.56 Å². The second-order valence-electron chi connectivity index (χ2n) is 6.53. The molecule has 6 nitrogen and oxygen atoms in total. The number of aromatic nitrogens is 6. The Balaban J connectivity index is 1.76. The maximum absolute atomic E-state index is 6.33. The van der Waals surface area contributed by atoms with E-state index >= 15 is 0 Å². The number of hydrogen-bond acceptors (Lipinski definition) is 4. The van der Waals surface area contributed by atoms with E-state index in [9.17, 15) is 0 Å². The van der Waals surface area contributed by atoms with Gasteiger partial charge in [-0.25, -0.2) is 9.67 Å². The van der Waals surface area contributed by atoms with Gasteiger partial charge in [-0.2, -0.15) is 5.10 Å². The second-order valence-corrected chi connectivity index (χ2v) is 6.93. The molecular weight excluding hydrogens is 360 g/mol. The third kappa shape index (κ3) is 2.41. The molecule has 5 aromatic rings. The van der Waals surface area contributed by atoms with E-state index < -0.39 is 0 Å². The number of halogens is 1. The Hall–Kier alpha value is -3.25. The van der Waals surface area contributed by atoms with Crippen molar-refractivity contribution in [3.05, 3.63) is 71.1 Å². The van der Waals surface area contributed by atoms with Crippen LogP contribution in [0, 0.1) is 13.8 Å². The van der Waals surface area contributed by atoms with Gasteiger partial charge in [-0.15, -0.1) is 10.2 Å². The molecule has 0 unspecified atom stereocenters. The van der Waals surface area contributed by atoms with Gasteiger partial charge in [-0.05, 0) is 43.2 Å². The number of benzene rings is 2. The fourth-order valence-electron chi connectivity index (χ4n) is 3.27. The first-order chi connectivity index (χ1) is 13.1. The molecule has 0 amide bonds. The first-order valence-corrected chi connectivity index (χ1v) is 8.91. The third-order valence-corrected chi connectivity index (χ3v) is 5.01. The van der Waals surface area contributed by atoms with Crippen LogP contribution in [0.5, 0.6) is 0 Å². The van der Waals surface area contributed by atoms with Crippen molar-refractivity contribution in [2.45, 2.75) is 13.8 Å². The van der Waals surface area contributed by atoms with Gasteiger partial charge in [0.05, 0.1) is 22.3 Å². The highest BCUT2D eigenvalue weighted by Crippen LogP contribution is 2.28. The highest BCUT2D eigenvalue weighted by Gasteiger charge is 2.17. The number of fused-ring (bicyclic) bond motifs is 3. The van der Waals surface area contributed by atoms with Gasteiger partial charge in [0.1, 0.15) is 6.33 Å². The smallest absolute Gasteiger partial charge is 0.175 e. The molecule has 0 fully saturated rings. The molecule has 0 aliphatic heterocycles. The van der Waals surface area contributed by atoms with E-state index in [1.54, 1.807) is 12.5 Å². The Kier molecular flexibility index (Phi) is 3.48. The molecule has 0 N–H and O–H groups in total. The molecule has 2 aromatic carbocycles. The Labute approximate surface area is 160 Å². The summed E-state index contributed by atoms with van der Waals surface area (Å²) in [5.74, 6) is 0.657. The monoisotopic (exact) mass is 374 g/mol. The van der Waals surface area contributed by atoms with Crippen LogP contribution in [0.1, 0.15) is 11.1 Å². The van der Waals surface area contributed by atoms with Crippen molar-refractivity contribution in [2.75, 3.05) is 0 Å². The van der Waals surface area contributed by atoms with Crippen molar-refractivity contribution in [1.82, 2.24) is 29.4 Å². The minimum Gasteiger partial charge on any atom is -0.264 e. The number of nitrogens with zero attached hydrogens (tertiary/aromatic N) is 6. The normalized spacial score (nSPS) is 11.5. The van der Waals surface area contributed by atoms with Crippen LogP contribution < -0.4 is 0 Å². The van der Waals surface area contributed by atoms with Gasteiger partial charge in [-0.3, -0.25) is 4.40 Å². The van der Waals surface area contributed by atoms with Crippen LogP contribution in [-0.2, 0) is 0 Å². The second kappa shape index (κ2) is 5.89. The molecule has 0 atom stereocenters. The standard InChI is InChI=1S/C20H15ClN6/c1-12-7-8-13(2)17(9-12)27-18-15(10-23-27)20-25-24-19(26(20)11-22-18)14-5-3-4-6-16(14)21/h3-11H,1-2H3. The average molecular weight is 375 g/mol. The summed E-state index contributed by atoms with van der Waals surface area (Å²) in [6.45, 7) is 4.13. The van der Waals surface area contributed by atoms with E-state index in [0.717, 1.165) is 27.8 Å². The molecule has 0 aliphatic rings. The lowest BCUT2D eigenvalue weighted by molar-refractivity contribution is 0.884. The first-order valence-electron chi connectivity index (χ1n) is 8.53. The molecule has 0 saturated heterocycles. The van der Waals surface area contributed by atoms with Crippen LogP contribution in [0.15, 0.2) is 55.0 Å². The number of aryl methyl sites for hydroxylation is 2. The molecule has 27 heavy (non-hydrogen) atoms. The SMILES string of the molecule is Cc1ccc(C)c(-n2ncc3c2ncn2c(-c4ccccc4Cl)nnc32)c1. The highest BCUT2D eigenvalue weighted by molar-refractivity contribution is 6.33. The van der Waals surface area contributed by atoms with Crippen molar-refractivity contribution in [3.8, 4) is 17.1 Å².